The van der Waals surface area contributed by atoms with E-state index < -0.39 is 0 Å². The van der Waals surface area contributed by atoms with Gasteiger partial charge in [-0.25, -0.2) is 0 Å². The van der Waals surface area contributed by atoms with Gasteiger partial charge in [-0.2, -0.15) is 0 Å². The molecule has 1 N–H and O–H groups in total. The molecule has 1 aromatic heterocycles. The zero-order valence-corrected chi connectivity index (χ0v) is 9.04. The van der Waals surface area contributed by atoms with E-state index in [4.69, 9.17) is 5.21 Å². The minimum Gasteiger partial charge on any atom is -0.411 e. The predicted molar refractivity (Wildman–Crippen MR) is 66.0 cm³/mol. The maximum Gasteiger partial charge on any atom is 0.0918 e. The first-order valence-electron chi connectivity index (χ1n) is 5.09. The summed E-state index contributed by atoms with van der Waals surface area (Å²) in [6, 6.07) is 13.3. The molecular formula is C14H10N2O. The zero-order valence-electron chi connectivity index (χ0n) is 9.04. The Labute approximate surface area is 99.4 Å². The van der Waals surface area contributed by atoms with Gasteiger partial charge in [0.1, 0.15) is 0 Å². The molecule has 0 atom stereocenters. The maximum atomic E-state index is 8.41. The van der Waals surface area contributed by atoms with E-state index in [1.807, 2.05) is 36.4 Å². The summed E-state index contributed by atoms with van der Waals surface area (Å²) in [5, 5.41) is 11.3. The lowest BCUT2D eigenvalue weighted by Gasteiger charge is -1.92. The summed E-state index contributed by atoms with van der Waals surface area (Å²) in [5.41, 5.74) is 2.37. The van der Waals surface area contributed by atoms with Gasteiger partial charge >= 0.3 is 0 Å². The second-order valence-corrected chi connectivity index (χ2v) is 3.33. The molecule has 0 saturated heterocycles. The molecule has 1 heterocycles. The summed E-state index contributed by atoms with van der Waals surface area (Å²) in [6.07, 6.45) is 2.90. The van der Waals surface area contributed by atoms with E-state index in [1.165, 1.54) is 6.21 Å². The Morgan fingerprint density at radius 1 is 1.06 bits per heavy atom. The van der Waals surface area contributed by atoms with Crippen LogP contribution in [0.25, 0.3) is 0 Å². The second kappa shape index (κ2) is 5.47. The molecule has 0 aliphatic rings. The summed E-state index contributed by atoms with van der Waals surface area (Å²) < 4.78 is 0. The number of rotatable bonds is 1. The molecule has 0 amide bonds. The molecule has 17 heavy (non-hydrogen) atoms. The van der Waals surface area contributed by atoms with Crippen molar-refractivity contribution in [1.29, 1.82) is 0 Å². The van der Waals surface area contributed by atoms with Crippen molar-refractivity contribution in [3.63, 3.8) is 0 Å². The fourth-order valence-corrected chi connectivity index (χ4v) is 1.32. The van der Waals surface area contributed by atoms with Crippen LogP contribution in [0.3, 0.4) is 0 Å². The quantitative estimate of drug-likeness (QED) is 0.348. The highest BCUT2D eigenvalue weighted by molar-refractivity contribution is 5.76. The van der Waals surface area contributed by atoms with E-state index in [2.05, 4.69) is 22.0 Å². The van der Waals surface area contributed by atoms with Crippen LogP contribution in [-0.4, -0.2) is 16.4 Å². The van der Waals surface area contributed by atoms with Gasteiger partial charge in [0.2, 0.25) is 0 Å². The Balaban J connectivity index is 2.25. The molecule has 2 rings (SSSR count). The first kappa shape index (κ1) is 10.9. The summed E-state index contributed by atoms with van der Waals surface area (Å²) in [4.78, 5) is 4.01. The van der Waals surface area contributed by atoms with E-state index in [1.54, 1.807) is 12.3 Å². The molecule has 0 unspecified atom stereocenters. The third-order valence-electron chi connectivity index (χ3n) is 2.10. The van der Waals surface area contributed by atoms with Crippen molar-refractivity contribution in [2.24, 2.45) is 5.16 Å². The molecule has 1 aromatic carbocycles. The van der Waals surface area contributed by atoms with Crippen LogP contribution in [-0.2, 0) is 0 Å². The molecule has 0 fully saturated rings. The molecule has 0 aliphatic carbocycles. The average Bonchev–Trinajstić information content (AvgIpc) is 2.39. The average molecular weight is 222 g/mol. The van der Waals surface area contributed by atoms with Crippen molar-refractivity contribution < 1.29 is 5.21 Å². The Morgan fingerprint density at radius 3 is 2.59 bits per heavy atom. The van der Waals surface area contributed by atoms with E-state index in [-0.39, 0.29) is 0 Å². The van der Waals surface area contributed by atoms with Crippen LogP contribution < -0.4 is 0 Å². The summed E-state index contributed by atoms with van der Waals surface area (Å²) in [5.74, 6) is 6.07. The number of aromatic nitrogens is 1. The van der Waals surface area contributed by atoms with Crippen molar-refractivity contribution in [2.45, 2.75) is 0 Å². The molecule has 0 bridgehead atoms. The number of nitrogens with zero attached hydrogens (tertiary/aromatic N) is 2. The van der Waals surface area contributed by atoms with Crippen molar-refractivity contribution in [2.75, 3.05) is 0 Å². The van der Waals surface area contributed by atoms with Gasteiger partial charge in [-0.1, -0.05) is 35.2 Å². The maximum absolute atomic E-state index is 8.41. The molecule has 3 heteroatoms. The summed E-state index contributed by atoms with van der Waals surface area (Å²) in [6.45, 7) is 0. The van der Waals surface area contributed by atoms with Crippen LogP contribution in [0.15, 0.2) is 53.8 Å². The van der Waals surface area contributed by atoms with Crippen LogP contribution in [0.5, 0.6) is 0 Å². The van der Waals surface area contributed by atoms with Gasteiger partial charge in [0.25, 0.3) is 0 Å². The summed E-state index contributed by atoms with van der Waals surface area (Å²) in [7, 11) is 0. The monoisotopic (exact) mass is 222 g/mol. The van der Waals surface area contributed by atoms with Crippen molar-refractivity contribution in [3.05, 3.63) is 65.5 Å². The van der Waals surface area contributed by atoms with Gasteiger partial charge in [0.15, 0.2) is 0 Å². The zero-order chi connectivity index (χ0) is 11.9. The second-order valence-electron chi connectivity index (χ2n) is 3.33. The van der Waals surface area contributed by atoms with E-state index in [0.29, 0.717) is 5.69 Å². The molecule has 3 nitrogen and oxygen atoms in total. The summed E-state index contributed by atoms with van der Waals surface area (Å²) >= 11 is 0. The van der Waals surface area contributed by atoms with Gasteiger partial charge < -0.3 is 5.21 Å². The minimum absolute atomic E-state index is 0.576. The van der Waals surface area contributed by atoms with E-state index in [0.717, 1.165) is 11.1 Å². The fourth-order valence-electron chi connectivity index (χ4n) is 1.32. The molecule has 0 aliphatic heterocycles. The Morgan fingerprint density at radius 2 is 1.82 bits per heavy atom. The van der Waals surface area contributed by atoms with Crippen LogP contribution in [0.1, 0.15) is 16.8 Å². The topological polar surface area (TPSA) is 45.5 Å². The van der Waals surface area contributed by atoms with Gasteiger partial charge in [-0.05, 0) is 24.3 Å². The van der Waals surface area contributed by atoms with Crippen LogP contribution in [0.2, 0.25) is 0 Å². The highest BCUT2D eigenvalue weighted by atomic mass is 16.4. The number of hydrogen-bond acceptors (Lipinski definition) is 3. The first-order valence-corrected chi connectivity index (χ1v) is 5.09. The largest absolute Gasteiger partial charge is 0.411 e. The lowest BCUT2D eigenvalue weighted by atomic mass is 10.2. The predicted octanol–water partition coefficient (Wildman–Crippen LogP) is 2.29. The first-order chi connectivity index (χ1) is 8.38. The number of pyridine rings is 1. The third-order valence-corrected chi connectivity index (χ3v) is 2.10. The Bertz CT molecular complexity index is 580. The van der Waals surface area contributed by atoms with Crippen molar-refractivity contribution in [1.82, 2.24) is 4.98 Å². The molecule has 2 aromatic rings. The lowest BCUT2D eigenvalue weighted by Crippen LogP contribution is -1.87. The number of benzene rings is 1. The fraction of sp³-hybridized carbons (Fsp3) is 0. The standard InChI is InChI=1S/C14H10N2O/c17-16-11-14-10-13(8-9-15-14)7-6-12-4-2-1-3-5-12/h1-5,8-11,17H/b16-11+. The molecule has 0 spiro atoms. The highest BCUT2D eigenvalue weighted by Gasteiger charge is 1.91. The molecule has 0 radical (unpaired) electrons. The van der Waals surface area contributed by atoms with Crippen LogP contribution in [0.4, 0.5) is 0 Å². The Hall–Kier alpha value is -2.60. The lowest BCUT2D eigenvalue weighted by molar-refractivity contribution is 0.321. The smallest absolute Gasteiger partial charge is 0.0918 e. The van der Waals surface area contributed by atoms with Gasteiger partial charge in [-0.3, -0.25) is 4.98 Å². The van der Waals surface area contributed by atoms with Gasteiger partial charge in [0.05, 0.1) is 11.9 Å². The Kier molecular flexibility index (Phi) is 3.51. The number of oxime groups is 1. The van der Waals surface area contributed by atoms with Crippen molar-refractivity contribution >= 4 is 6.21 Å². The highest BCUT2D eigenvalue weighted by Crippen LogP contribution is 2.00. The minimum atomic E-state index is 0.576. The number of hydrogen-bond donors (Lipinski definition) is 1. The van der Waals surface area contributed by atoms with Gasteiger partial charge in [-0.15, -0.1) is 0 Å². The van der Waals surface area contributed by atoms with E-state index in [9.17, 15) is 0 Å². The normalized spacial score (nSPS) is 9.88. The van der Waals surface area contributed by atoms with Gasteiger partial charge in [0, 0.05) is 17.3 Å². The molecular weight excluding hydrogens is 212 g/mol. The SMILES string of the molecule is O/N=C/c1cc(C#Cc2ccccc2)ccn1. The van der Waals surface area contributed by atoms with Crippen LogP contribution in [0, 0.1) is 11.8 Å². The third kappa shape index (κ3) is 3.18. The molecule has 0 saturated carbocycles. The van der Waals surface area contributed by atoms with Crippen LogP contribution >= 0.6 is 0 Å². The van der Waals surface area contributed by atoms with Crippen molar-refractivity contribution in [3.8, 4) is 11.8 Å². The van der Waals surface area contributed by atoms with E-state index >= 15 is 0 Å². The molecule has 82 valence electrons.